The number of nitrogens with zero attached hydrogens (tertiary/aromatic N) is 2. The van der Waals surface area contributed by atoms with Gasteiger partial charge in [-0.2, -0.15) is 0 Å². The summed E-state index contributed by atoms with van der Waals surface area (Å²) in [6.07, 6.45) is 0.211. The molecule has 4 rings (SSSR count). The summed E-state index contributed by atoms with van der Waals surface area (Å²) in [6, 6.07) is 28.6. The van der Waals surface area contributed by atoms with Gasteiger partial charge in [-0.3, -0.25) is 13.9 Å². The Morgan fingerprint density at radius 1 is 0.851 bits per heavy atom. The second-order valence-electron chi connectivity index (χ2n) is 12.3. The van der Waals surface area contributed by atoms with Crippen LogP contribution in [0.1, 0.15) is 44.4 Å². The SMILES string of the molecule is CCOc1ccccc1N(CC(=O)N(Cc1ccc(Cl)cc1)[C@H](Cc1ccccc1)C(=O)NC(C)(C)C)S(=O)(=O)c1ccc(C)cc1. The van der Waals surface area contributed by atoms with E-state index in [0.717, 1.165) is 21.0 Å². The van der Waals surface area contributed by atoms with Gasteiger partial charge in [0.25, 0.3) is 10.0 Å². The van der Waals surface area contributed by atoms with Crippen LogP contribution in [0.3, 0.4) is 0 Å². The number of carbonyl (C=O) groups is 2. The number of ether oxygens (including phenoxy) is 1. The summed E-state index contributed by atoms with van der Waals surface area (Å²) in [4.78, 5) is 30.2. The fourth-order valence-electron chi connectivity index (χ4n) is 5.08. The van der Waals surface area contributed by atoms with Crippen molar-refractivity contribution in [2.24, 2.45) is 0 Å². The molecule has 0 unspecified atom stereocenters. The van der Waals surface area contributed by atoms with E-state index in [9.17, 15) is 18.0 Å². The van der Waals surface area contributed by atoms with Gasteiger partial charge in [-0.1, -0.05) is 83.9 Å². The van der Waals surface area contributed by atoms with Crippen LogP contribution in [0.15, 0.2) is 108 Å². The molecule has 1 atom stereocenters. The molecule has 47 heavy (non-hydrogen) atoms. The van der Waals surface area contributed by atoms with Crippen LogP contribution in [-0.2, 0) is 32.6 Å². The summed E-state index contributed by atoms with van der Waals surface area (Å²) in [5.74, 6) is -0.604. The summed E-state index contributed by atoms with van der Waals surface area (Å²) in [7, 11) is -4.26. The van der Waals surface area contributed by atoms with Crippen LogP contribution in [-0.4, -0.2) is 49.9 Å². The van der Waals surface area contributed by atoms with Gasteiger partial charge in [0.1, 0.15) is 18.3 Å². The minimum Gasteiger partial charge on any atom is -0.492 e. The van der Waals surface area contributed by atoms with E-state index in [1.54, 1.807) is 67.6 Å². The zero-order valence-corrected chi connectivity index (χ0v) is 29.0. The standard InChI is InChI=1S/C37H42ClN3O5S/c1-6-46-34-15-11-10-14-32(34)41(47(44,45)31-22-16-27(2)17-23-31)26-35(42)40(25-29-18-20-30(38)21-19-29)33(36(43)39-37(3,4)5)24-28-12-8-7-9-13-28/h7-23,33H,6,24-26H2,1-5H3,(H,39,43)/t33-/m1/s1. The second-order valence-corrected chi connectivity index (χ2v) is 14.6. The Morgan fingerprint density at radius 3 is 2.09 bits per heavy atom. The first-order chi connectivity index (χ1) is 22.3. The summed E-state index contributed by atoms with van der Waals surface area (Å²) in [5, 5.41) is 3.56. The Morgan fingerprint density at radius 2 is 1.47 bits per heavy atom. The third-order valence-corrected chi connectivity index (χ3v) is 9.38. The van der Waals surface area contributed by atoms with E-state index in [2.05, 4.69) is 5.32 Å². The normalized spacial score (nSPS) is 12.2. The van der Waals surface area contributed by atoms with Gasteiger partial charge in [0, 0.05) is 23.5 Å². The van der Waals surface area contributed by atoms with Crippen LogP contribution in [0, 0.1) is 6.92 Å². The average Bonchev–Trinajstić information content (AvgIpc) is 3.02. The minimum absolute atomic E-state index is 0.0257. The largest absolute Gasteiger partial charge is 0.492 e. The molecular formula is C37H42ClN3O5S. The maximum Gasteiger partial charge on any atom is 0.264 e. The van der Waals surface area contributed by atoms with E-state index in [1.165, 1.54) is 17.0 Å². The van der Waals surface area contributed by atoms with Gasteiger partial charge in [-0.25, -0.2) is 8.42 Å². The zero-order chi connectivity index (χ0) is 34.2. The number of carbonyl (C=O) groups excluding carboxylic acids is 2. The lowest BCUT2D eigenvalue weighted by Gasteiger charge is -2.35. The van der Waals surface area contributed by atoms with Crippen LogP contribution in [0.2, 0.25) is 5.02 Å². The molecular weight excluding hydrogens is 634 g/mol. The van der Waals surface area contributed by atoms with E-state index in [0.29, 0.717) is 10.8 Å². The Hall–Kier alpha value is -4.34. The molecule has 0 saturated carbocycles. The molecule has 0 aliphatic carbocycles. The molecule has 10 heteroatoms. The first kappa shape index (κ1) is 35.5. The number of hydrogen-bond acceptors (Lipinski definition) is 5. The first-order valence-electron chi connectivity index (χ1n) is 15.5. The van der Waals surface area contributed by atoms with Gasteiger partial charge in [0.15, 0.2) is 0 Å². The van der Waals surface area contributed by atoms with Crippen molar-refractivity contribution in [3.63, 3.8) is 0 Å². The highest BCUT2D eigenvalue weighted by atomic mass is 35.5. The molecule has 0 aromatic heterocycles. The minimum atomic E-state index is -4.26. The van der Waals surface area contributed by atoms with Crippen LogP contribution in [0.25, 0.3) is 0 Å². The molecule has 4 aromatic rings. The van der Waals surface area contributed by atoms with E-state index < -0.39 is 34.1 Å². The molecule has 0 bridgehead atoms. The lowest BCUT2D eigenvalue weighted by molar-refractivity contribution is -0.140. The van der Waals surface area contributed by atoms with Gasteiger partial charge in [0.2, 0.25) is 11.8 Å². The number of halogens is 1. The molecule has 2 amide bonds. The third kappa shape index (κ3) is 9.59. The number of hydrogen-bond donors (Lipinski definition) is 1. The molecule has 0 saturated heterocycles. The fraction of sp³-hybridized carbons (Fsp3) is 0.297. The van der Waals surface area contributed by atoms with Gasteiger partial charge in [-0.05, 0) is 82.1 Å². The number of aryl methyl sites for hydroxylation is 1. The average molecular weight is 676 g/mol. The van der Waals surface area contributed by atoms with E-state index in [4.69, 9.17) is 16.3 Å². The number of sulfonamides is 1. The van der Waals surface area contributed by atoms with Crippen molar-refractivity contribution in [2.75, 3.05) is 17.5 Å². The van der Waals surface area contributed by atoms with Gasteiger partial charge in [0.05, 0.1) is 17.2 Å². The molecule has 8 nitrogen and oxygen atoms in total. The summed E-state index contributed by atoms with van der Waals surface area (Å²) < 4.78 is 35.6. The van der Waals surface area contributed by atoms with Crippen LogP contribution < -0.4 is 14.4 Å². The van der Waals surface area contributed by atoms with Crippen molar-refractivity contribution >= 4 is 39.1 Å². The van der Waals surface area contributed by atoms with Crippen LogP contribution in [0.4, 0.5) is 5.69 Å². The Bertz CT molecular complexity index is 1760. The molecule has 0 spiro atoms. The van der Waals surface area contributed by atoms with Crippen LogP contribution in [0.5, 0.6) is 5.75 Å². The van der Waals surface area contributed by atoms with E-state index >= 15 is 0 Å². The lowest BCUT2D eigenvalue weighted by atomic mass is 10.0. The lowest BCUT2D eigenvalue weighted by Crippen LogP contribution is -2.56. The predicted octanol–water partition coefficient (Wildman–Crippen LogP) is 6.80. The highest BCUT2D eigenvalue weighted by molar-refractivity contribution is 7.92. The number of para-hydroxylation sites is 2. The van der Waals surface area contributed by atoms with Crippen molar-refractivity contribution in [3.05, 3.63) is 125 Å². The van der Waals surface area contributed by atoms with Gasteiger partial charge >= 0.3 is 0 Å². The zero-order valence-electron chi connectivity index (χ0n) is 27.4. The maximum absolute atomic E-state index is 14.7. The highest BCUT2D eigenvalue weighted by Gasteiger charge is 2.36. The fourth-order valence-corrected chi connectivity index (χ4v) is 6.64. The molecule has 248 valence electrons. The quantitative estimate of drug-likeness (QED) is 0.168. The van der Waals surface area contributed by atoms with Crippen LogP contribution >= 0.6 is 11.6 Å². The van der Waals surface area contributed by atoms with E-state index in [1.807, 2.05) is 58.0 Å². The number of anilines is 1. The van der Waals surface area contributed by atoms with Crippen molar-refractivity contribution in [1.82, 2.24) is 10.2 Å². The molecule has 0 heterocycles. The van der Waals surface area contributed by atoms with Crippen molar-refractivity contribution < 1.29 is 22.7 Å². The molecule has 0 radical (unpaired) electrons. The highest BCUT2D eigenvalue weighted by Crippen LogP contribution is 2.33. The molecule has 0 fully saturated rings. The maximum atomic E-state index is 14.7. The molecule has 0 aliphatic rings. The van der Waals surface area contributed by atoms with Gasteiger partial charge in [-0.15, -0.1) is 0 Å². The monoisotopic (exact) mass is 675 g/mol. The number of nitrogens with one attached hydrogen (secondary N) is 1. The van der Waals surface area contributed by atoms with Crippen molar-refractivity contribution in [3.8, 4) is 5.75 Å². The molecule has 0 aliphatic heterocycles. The number of amides is 2. The summed E-state index contributed by atoms with van der Waals surface area (Å²) >= 11 is 6.17. The van der Waals surface area contributed by atoms with Gasteiger partial charge < -0.3 is 15.0 Å². The van der Waals surface area contributed by atoms with Crippen molar-refractivity contribution in [2.45, 2.75) is 64.1 Å². The predicted molar refractivity (Wildman–Crippen MR) is 187 cm³/mol. The Balaban J connectivity index is 1.85. The molecule has 4 aromatic carbocycles. The smallest absolute Gasteiger partial charge is 0.264 e. The number of rotatable bonds is 13. The summed E-state index contributed by atoms with van der Waals surface area (Å²) in [5.41, 5.74) is 2.10. The topological polar surface area (TPSA) is 96.0 Å². The third-order valence-electron chi connectivity index (χ3n) is 7.36. The second kappa shape index (κ2) is 15.5. The van der Waals surface area contributed by atoms with E-state index in [-0.39, 0.29) is 36.1 Å². The summed E-state index contributed by atoms with van der Waals surface area (Å²) in [6.45, 7) is 9.03. The Kier molecular flexibility index (Phi) is 11.7. The number of benzene rings is 4. The molecule has 1 N–H and O–H groups in total. The first-order valence-corrected chi connectivity index (χ1v) is 17.3. The Labute approximate surface area is 283 Å². The van der Waals surface area contributed by atoms with Crippen molar-refractivity contribution in [1.29, 1.82) is 0 Å².